The molecule has 0 aliphatic rings. The van der Waals surface area contributed by atoms with Crippen molar-refractivity contribution >= 4 is 16.9 Å². The van der Waals surface area contributed by atoms with Crippen molar-refractivity contribution in [3.05, 3.63) is 99.9 Å². The summed E-state index contributed by atoms with van der Waals surface area (Å²) in [6.45, 7) is 1.93. The minimum Gasteiger partial charge on any atom is -0.467 e. The van der Waals surface area contributed by atoms with E-state index in [1.807, 2.05) is 30.3 Å². The van der Waals surface area contributed by atoms with Gasteiger partial charge >= 0.3 is 6.18 Å². The Labute approximate surface area is 193 Å². The number of carbonyl (C=O) groups is 1. The highest BCUT2D eigenvalue weighted by Gasteiger charge is 2.31. The number of hydrogen-bond acceptors (Lipinski definition) is 4. The summed E-state index contributed by atoms with van der Waals surface area (Å²) in [6.07, 6.45) is -3.11. The highest BCUT2D eigenvalue weighted by molar-refractivity contribution is 5.77. The quantitative estimate of drug-likeness (QED) is 0.419. The summed E-state index contributed by atoms with van der Waals surface area (Å²) in [5.41, 5.74) is -0.112. The summed E-state index contributed by atoms with van der Waals surface area (Å²) in [4.78, 5) is 29.9. The first-order chi connectivity index (χ1) is 16.2. The Morgan fingerprint density at radius 1 is 1.12 bits per heavy atom. The van der Waals surface area contributed by atoms with Crippen molar-refractivity contribution in [3.8, 4) is 0 Å². The number of aryl methyl sites for hydroxylation is 1. The SMILES string of the molecule is C[C@H](NC(=O)CCc1nc2cc(C(F)(F)F)ccc2n(Cc2ccccc2)c1=O)c1ccco1. The lowest BCUT2D eigenvalue weighted by molar-refractivity contribution is -0.137. The Hall–Kier alpha value is -3.88. The molecular formula is C25H22F3N3O3. The van der Waals surface area contributed by atoms with Crippen LogP contribution in [0.2, 0.25) is 0 Å². The molecule has 0 fully saturated rings. The molecule has 9 heteroatoms. The van der Waals surface area contributed by atoms with Gasteiger partial charge in [0, 0.05) is 12.8 Å². The molecule has 1 atom stereocenters. The Morgan fingerprint density at radius 2 is 1.88 bits per heavy atom. The van der Waals surface area contributed by atoms with Crippen LogP contribution in [0.1, 0.15) is 42.0 Å². The van der Waals surface area contributed by atoms with Crippen molar-refractivity contribution in [2.45, 2.75) is 38.5 Å². The van der Waals surface area contributed by atoms with E-state index in [2.05, 4.69) is 10.3 Å². The lowest BCUT2D eigenvalue weighted by Gasteiger charge is -2.15. The van der Waals surface area contributed by atoms with E-state index >= 15 is 0 Å². The van der Waals surface area contributed by atoms with Crippen LogP contribution in [-0.4, -0.2) is 15.5 Å². The van der Waals surface area contributed by atoms with Crippen LogP contribution in [0.15, 0.2) is 76.1 Å². The van der Waals surface area contributed by atoms with Crippen molar-refractivity contribution in [2.75, 3.05) is 0 Å². The third-order valence-electron chi connectivity index (χ3n) is 5.46. The topological polar surface area (TPSA) is 77.1 Å². The number of amides is 1. The number of benzene rings is 2. The molecule has 0 aliphatic heterocycles. The van der Waals surface area contributed by atoms with Crippen LogP contribution < -0.4 is 10.9 Å². The van der Waals surface area contributed by atoms with Gasteiger partial charge < -0.3 is 14.3 Å². The van der Waals surface area contributed by atoms with Crippen LogP contribution in [0.25, 0.3) is 11.0 Å². The number of rotatable bonds is 7. The fourth-order valence-corrected chi connectivity index (χ4v) is 3.72. The zero-order valence-corrected chi connectivity index (χ0v) is 18.3. The molecule has 34 heavy (non-hydrogen) atoms. The Balaban J connectivity index is 1.65. The Morgan fingerprint density at radius 3 is 2.56 bits per heavy atom. The van der Waals surface area contributed by atoms with E-state index in [-0.39, 0.29) is 42.5 Å². The van der Waals surface area contributed by atoms with Crippen LogP contribution in [-0.2, 0) is 23.9 Å². The smallest absolute Gasteiger partial charge is 0.416 e. The van der Waals surface area contributed by atoms with Crippen molar-refractivity contribution in [3.63, 3.8) is 0 Å². The lowest BCUT2D eigenvalue weighted by atomic mass is 10.1. The second kappa shape index (κ2) is 9.54. The predicted octanol–water partition coefficient (Wildman–Crippen LogP) is 4.87. The van der Waals surface area contributed by atoms with E-state index in [9.17, 15) is 22.8 Å². The van der Waals surface area contributed by atoms with Crippen LogP contribution in [0, 0.1) is 0 Å². The summed E-state index contributed by atoms with van der Waals surface area (Å²) >= 11 is 0. The van der Waals surface area contributed by atoms with Crippen LogP contribution in [0.3, 0.4) is 0 Å². The van der Waals surface area contributed by atoms with Crippen LogP contribution >= 0.6 is 0 Å². The minimum absolute atomic E-state index is 0.0173. The molecule has 2 aromatic heterocycles. The fraction of sp³-hybridized carbons (Fsp3) is 0.240. The molecule has 1 amide bonds. The first kappa shape index (κ1) is 23.3. The lowest BCUT2D eigenvalue weighted by Crippen LogP contribution is -2.30. The molecule has 2 heterocycles. The largest absolute Gasteiger partial charge is 0.467 e. The molecule has 0 saturated heterocycles. The molecule has 4 rings (SSSR count). The number of alkyl halides is 3. The third-order valence-corrected chi connectivity index (χ3v) is 5.46. The van der Waals surface area contributed by atoms with Gasteiger partial charge in [-0.05, 0) is 42.8 Å². The molecule has 6 nitrogen and oxygen atoms in total. The van der Waals surface area contributed by atoms with Gasteiger partial charge in [0.05, 0.1) is 35.4 Å². The summed E-state index contributed by atoms with van der Waals surface area (Å²) in [7, 11) is 0. The third kappa shape index (κ3) is 5.19. The number of hydrogen-bond donors (Lipinski definition) is 1. The second-order valence-electron chi connectivity index (χ2n) is 7.94. The maximum absolute atomic E-state index is 13.3. The molecule has 4 aromatic rings. The van der Waals surface area contributed by atoms with E-state index in [1.165, 1.54) is 16.9 Å². The minimum atomic E-state index is -4.54. The van der Waals surface area contributed by atoms with E-state index in [1.54, 1.807) is 19.1 Å². The van der Waals surface area contributed by atoms with Gasteiger partial charge in [-0.25, -0.2) is 4.98 Å². The summed E-state index contributed by atoms with van der Waals surface area (Å²) in [5.74, 6) is 0.255. The van der Waals surface area contributed by atoms with E-state index in [4.69, 9.17) is 4.42 Å². The van der Waals surface area contributed by atoms with Gasteiger partial charge in [0.15, 0.2) is 0 Å². The average molecular weight is 469 g/mol. The zero-order chi connectivity index (χ0) is 24.3. The summed E-state index contributed by atoms with van der Waals surface area (Å²) in [6, 6.07) is 15.3. The predicted molar refractivity (Wildman–Crippen MR) is 120 cm³/mol. The zero-order valence-electron chi connectivity index (χ0n) is 18.3. The monoisotopic (exact) mass is 469 g/mol. The van der Waals surface area contributed by atoms with Crippen LogP contribution in [0.4, 0.5) is 13.2 Å². The maximum Gasteiger partial charge on any atom is 0.416 e. The van der Waals surface area contributed by atoms with Gasteiger partial charge in [0.25, 0.3) is 5.56 Å². The van der Waals surface area contributed by atoms with Crippen molar-refractivity contribution in [2.24, 2.45) is 0 Å². The number of halogens is 3. The highest BCUT2D eigenvalue weighted by Crippen LogP contribution is 2.31. The van der Waals surface area contributed by atoms with Gasteiger partial charge in [0.1, 0.15) is 11.5 Å². The number of carbonyl (C=O) groups excluding carboxylic acids is 1. The standard InChI is InChI=1S/C25H22F3N3O3/c1-16(22-8-5-13-34-22)29-23(32)12-10-19-24(33)31(15-17-6-3-2-4-7-17)21-11-9-18(25(26,27)28)14-20(21)30-19/h2-9,11,13-14,16H,10,12,15H2,1H3,(H,29,32)/t16-/m0/s1. The normalized spacial score (nSPS) is 12.6. The van der Waals surface area contributed by atoms with Gasteiger partial charge in [-0.2, -0.15) is 13.2 Å². The molecule has 0 bridgehead atoms. The van der Waals surface area contributed by atoms with Crippen molar-refractivity contribution < 1.29 is 22.4 Å². The Bertz CT molecular complexity index is 1350. The van der Waals surface area contributed by atoms with Crippen LogP contribution in [0.5, 0.6) is 0 Å². The van der Waals surface area contributed by atoms with E-state index < -0.39 is 17.3 Å². The van der Waals surface area contributed by atoms with Gasteiger partial charge in [0.2, 0.25) is 5.91 Å². The molecule has 0 spiro atoms. The molecule has 0 unspecified atom stereocenters. The van der Waals surface area contributed by atoms with Crippen molar-refractivity contribution in [1.29, 1.82) is 0 Å². The molecule has 176 valence electrons. The highest BCUT2D eigenvalue weighted by atomic mass is 19.4. The number of nitrogens with one attached hydrogen (secondary N) is 1. The Kier molecular flexibility index (Phi) is 6.54. The maximum atomic E-state index is 13.3. The number of aromatic nitrogens is 2. The molecule has 2 aromatic carbocycles. The first-order valence-corrected chi connectivity index (χ1v) is 10.7. The molecule has 0 aliphatic carbocycles. The second-order valence-corrected chi connectivity index (χ2v) is 7.94. The average Bonchev–Trinajstić information content (AvgIpc) is 3.35. The van der Waals surface area contributed by atoms with Gasteiger partial charge in [-0.15, -0.1) is 0 Å². The molecule has 1 N–H and O–H groups in total. The fourth-order valence-electron chi connectivity index (χ4n) is 3.72. The van der Waals surface area contributed by atoms with Gasteiger partial charge in [-0.1, -0.05) is 30.3 Å². The first-order valence-electron chi connectivity index (χ1n) is 10.7. The molecular weight excluding hydrogens is 447 g/mol. The van der Waals surface area contributed by atoms with E-state index in [0.29, 0.717) is 11.3 Å². The van der Waals surface area contributed by atoms with Gasteiger partial charge in [-0.3, -0.25) is 9.59 Å². The number of nitrogens with zero attached hydrogens (tertiary/aromatic N) is 2. The number of furan rings is 1. The molecule has 0 saturated carbocycles. The molecule has 0 radical (unpaired) electrons. The van der Waals surface area contributed by atoms with E-state index in [0.717, 1.165) is 17.7 Å². The van der Waals surface area contributed by atoms with Crippen molar-refractivity contribution in [1.82, 2.24) is 14.9 Å². The summed E-state index contributed by atoms with van der Waals surface area (Å²) in [5, 5.41) is 2.77. The number of fused-ring (bicyclic) bond motifs is 1. The summed E-state index contributed by atoms with van der Waals surface area (Å²) < 4.78 is 46.5.